The van der Waals surface area contributed by atoms with E-state index >= 15 is 0 Å². The van der Waals surface area contributed by atoms with Gasteiger partial charge in [0.25, 0.3) is 0 Å². The first-order valence-electron chi connectivity index (χ1n) is 15.0. The Kier molecular flexibility index (Phi) is 8.26. The second-order valence-corrected chi connectivity index (χ2v) is 13.1. The third-order valence-electron chi connectivity index (χ3n) is 11.1. The number of fused-ring (bicyclic) bond motifs is 3. The van der Waals surface area contributed by atoms with Crippen LogP contribution in [0.5, 0.6) is 0 Å². The molecule has 5 aliphatic rings. The number of hydrogen-bond acceptors (Lipinski definition) is 11. The molecule has 0 amide bonds. The Morgan fingerprint density at radius 2 is 1.76 bits per heavy atom. The van der Waals surface area contributed by atoms with E-state index in [4.69, 9.17) is 33.2 Å². The van der Waals surface area contributed by atoms with E-state index in [1.54, 1.807) is 14.0 Å². The van der Waals surface area contributed by atoms with Crippen molar-refractivity contribution in [2.24, 2.45) is 34.5 Å². The summed E-state index contributed by atoms with van der Waals surface area (Å²) in [6.45, 7) is 10.7. The summed E-state index contributed by atoms with van der Waals surface area (Å²) in [4.78, 5) is 37.8. The van der Waals surface area contributed by atoms with E-state index in [0.717, 1.165) is 12.8 Å². The summed E-state index contributed by atoms with van der Waals surface area (Å²) in [7, 11) is 1.62. The average Bonchev–Trinajstić information content (AvgIpc) is 3.45. The van der Waals surface area contributed by atoms with Crippen molar-refractivity contribution in [1.29, 1.82) is 0 Å². The van der Waals surface area contributed by atoms with Crippen LogP contribution in [0.2, 0.25) is 0 Å². The highest BCUT2D eigenvalue weighted by Gasteiger charge is 2.81. The molecule has 0 aromatic carbocycles. The number of aliphatic hydroxyl groups excluding tert-OH is 1. The topological polar surface area (TPSA) is 139 Å². The third-order valence-corrected chi connectivity index (χ3v) is 11.1. The van der Waals surface area contributed by atoms with Crippen molar-refractivity contribution in [1.82, 2.24) is 0 Å². The van der Waals surface area contributed by atoms with Gasteiger partial charge < -0.3 is 38.3 Å². The summed E-state index contributed by atoms with van der Waals surface area (Å²) in [6.07, 6.45) is -0.987. The van der Waals surface area contributed by atoms with Crippen LogP contribution in [0.4, 0.5) is 0 Å². The molecule has 3 saturated heterocycles. The first kappa shape index (κ1) is 30.7. The number of epoxide rings is 1. The van der Waals surface area contributed by atoms with Crippen LogP contribution >= 0.6 is 0 Å². The molecule has 0 radical (unpaired) electrons. The molecule has 1 spiro atoms. The first-order chi connectivity index (χ1) is 19.3. The van der Waals surface area contributed by atoms with Crippen LogP contribution in [0, 0.1) is 34.5 Å². The maximum absolute atomic E-state index is 13.0. The second kappa shape index (κ2) is 11.0. The van der Waals surface area contributed by atoms with Crippen LogP contribution in [-0.2, 0) is 47.5 Å². The van der Waals surface area contributed by atoms with E-state index in [-0.39, 0.29) is 55.7 Å². The van der Waals surface area contributed by atoms with E-state index in [0.29, 0.717) is 12.8 Å². The normalized spacial score (nSPS) is 47.3. The van der Waals surface area contributed by atoms with Crippen molar-refractivity contribution < 1.29 is 52.6 Å². The van der Waals surface area contributed by atoms with Crippen molar-refractivity contribution in [3.8, 4) is 0 Å². The quantitative estimate of drug-likeness (QED) is 0.257. The van der Waals surface area contributed by atoms with Gasteiger partial charge in [-0.1, -0.05) is 27.7 Å². The minimum absolute atomic E-state index is 0.00781. The van der Waals surface area contributed by atoms with Gasteiger partial charge in [0.1, 0.15) is 18.3 Å². The number of esters is 3. The standard InChI is InChI=1S/C30H46O11/c1-8-15(2)26(34)41-25-20(33)12-21-28(6,22-10-19-11-24(35-7)40-27(19)39-22)16(3)9-23(38-18(5)32)29(21,13-36-17(4)31)30(25)14-37-30/h15-16,19-25,27,33H,8-14H2,1-7H3/t15-,16+,19-,20+,21+,22?,23-,24+,25-,27+,28-,29-,30+/m0/s1. The Hall–Kier alpha value is -1.79. The van der Waals surface area contributed by atoms with Crippen molar-refractivity contribution in [3.05, 3.63) is 0 Å². The first-order valence-corrected chi connectivity index (χ1v) is 15.0. The number of carbonyl (C=O) groups is 3. The molecule has 2 saturated carbocycles. The predicted molar refractivity (Wildman–Crippen MR) is 142 cm³/mol. The molecule has 0 aromatic heterocycles. The van der Waals surface area contributed by atoms with E-state index < -0.39 is 58.9 Å². The molecule has 11 nitrogen and oxygen atoms in total. The fraction of sp³-hybridized carbons (Fsp3) is 0.900. The molecule has 3 aliphatic heterocycles. The molecular formula is C30H46O11. The second-order valence-electron chi connectivity index (χ2n) is 13.1. The maximum Gasteiger partial charge on any atom is 0.309 e. The van der Waals surface area contributed by atoms with Crippen LogP contribution in [0.1, 0.15) is 73.6 Å². The van der Waals surface area contributed by atoms with E-state index in [9.17, 15) is 19.5 Å². The maximum atomic E-state index is 13.0. The fourth-order valence-corrected chi connectivity index (χ4v) is 8.47. The largest absolute Gasteiger partial charge is 0.465 e. The molecule has 41 heavy (non-hydrogen) atoms. The van der Waals surface area contributed by atoms with Gasteiger partial charge in [-0.05, 0) is 37.5 Å². The van der Waals surface area contributed by atoms with E-state index in [2.05, 4.69) is 13.8 Å². The van der Waals surface area contributed by atoms with E-state index in [1.807, 2.05) is 6.92 Å². The van der Waals surface area contributed by atoms with Crippen LogP contribution < -0.4 is 0 Å². The highest BCUT2D eigenvalue weighted by molar-refractivity contribution is 5.72. The van der Waals surface area contributed by atoms with Gasteiger partial charge >= 0.3 is 17.9 Å². The van der Waals surface area contributed by atoms with Crippen molar-refractivity contribution >= 4 is 17.9 Å². The zero-order valence-corrected chi connectivity index (χ0v) is 25.3. The molecule has 13 atom stereocenters. The number of aliphatic hydroxyl groups is 1. The molecule has 232 valence electrons. The zero-order chi connectivity index (χ0) is 29.9. The number of hydrogen-bond donors (Lipinski definition) is 1. The Morgan fingerprint density at radius 1 is 1.05 bits per heavy atom. The van der Waals surface area contributed by atoms with Gasteiger partial charge in [-0.2, -0.15) is 0 Å². The molecule has 0 aromatic rings. The molecule has 2 aliphatic carbocycles. The Balaban J connectivity index is 1.59. The summed E-state index contributed by atoms with van der Waals surface area (Å²) >= 11 is 0. The highest BCUT2D eigenvalue weighted by Crippen LogP contribution is 2.70. The summed E-state index contributed by atoms with van der Waals surface area (Å²) < 4.78 is 42.1. The minimum Gasteiger partial charge on any atom is -0.465 e. The lowest BCUT2D eigenvalue weighted by Gasteiger charge is -2.65. The molecule has 11 heteroatoms. The lowest BCUT2D eigenvalue weighted by Crippen LogP contribution is -2.74. The molecular weight excluding hydrogens is 536 g/mol. The van der Waals surface area contributed by atoms with Gasteiger partial charge in [0.15, 0.2) is 18.7 Å². The number of rotatable bonds is 8. The summed E-state index contributed by atoms with van der Waals surface area (Å²) in [5.41, 5.74) is -2.86. The predicted octanol–water partition coefficient (Wildman–Crippen LogP) is 2.75. The average molecular weight is 583 g/mol. The summed E-state index contributed by atoms with van der Waals surface area (Å²) in [6, 6.07) is 0. The van der Waals surface area contributed by atoms with Gasteiger partial charge in [0.2, 0.25) is 0 Å². The zero-order valence-electron chi connectivity index (χ0n) is 25.3. The lowest BCUT2D eigenvalue weighted by atomic mass is 9.41. The number of methoxy groups -OCH3 is 1. The fourth-order valence-electron chi connectivity index (χ4n) is 8.47. The Morgan fingerprint density at radius 3 is 2.32 bits per heavy atom. The summed E-state index contributed by atoms with van der Waals surface area (Å²) in [5.74, 6) is -1.98. The molecule has 3 heterocycles. The smallest absolute Gasteiger partial charge is 0.309 e. The van der Waals surface area contributed by atoms with Crippen LogP contribution in [-0.4, -0.2) is 85.9 Å². The van der Waals surface area contributed by atoms with Crippen molar-refractivity contribution in [2.45, 2.75) is 116 Å². The van der Waals surface area contributed by atoms with Gasteiger partial charge in [-0.3, -0.25) is 14.4 Å². The van der Waals surface area contributed by atoms with Crippen LogP contribution in [0.3, 0.4) is 0 Å². The monoisotopic (exact) mass is 582 g/mol. The number of ether oxygens (including phenoxy) is 7. The van der Waals surface area contributed by atoms with Gasteiger partial charge in [-0.15, -0.1) is 0 Å². The minimum atomic E-state index is -1.21. The summed E-state index contributed by atoms with van der Waals surface area (Å²) in [5, 5.41) is 11.7. The Bertz CT molecular complexity index is 1010. The van der Waals surface area contributed by atoms with E-state index in [1.165, 1.54) is 13.8 Å². The van der Waals surface area contributed by atoms with Crippen LogP contribution in [0.15, 0.2) is 0 Å². The van der Waals surface area contributed by atoms with Gasteiger partial charge in [0.05, 0.1) is 30.1 Å². The number of carbonyl (C=O) groups excluding carboxylic acids is 3. The highest BCUT2D eigenvalue weighted by atomic mass is 16.8. The Labute approximate surface area is 241 Å². The molecule has 1 unspecified atom stereocenters. The lowest BCUT2D eigenvalue weighted by molar-refractivity contribution is -0.289. The molecule has 5 fully saturated rings. The third kappa shape index (κ3) is 4.80. The molecule has 1 N–H and O–H groups in total. The molecule has 0 bridgehead atoms. The SMILES string of the molecule is CC[C@H](C)C(=O)O[C@H]1[C@H](O)C[C@@H]2[C@@](C)(C3C[C@H]4C[C@H](OC)O[C@H]4O3)[C@H](C)C[C@H](OC(C)=O)[C@@]2(COC(C)=O)[C@@]12CO2. The van der Waals surface area contributed by atoms with Gasteiger partial charge in [-0.25, -0.2) is 0 Å². The van der Waals surface area contributed by atoms with Crippen LogP contribution in [0.25, 0.3) is 0 Å². The van der Waals surface area contributed by atoms with Crippen molar-refractivity contribution in [2.75, 3.05) is 20.3 Å². The van der Waals surface area contributed by atoms with Crippen molar-refractivity contribution in [3.63, 3.8) is 0 Å². The van der Waals surface area contributed by atoms with Gasteiger partial charge in [0, 0.05) is 38.7 Å². The molecule has 5 rings (SSSR count).